The third kappa shape index (κ3) is 2.93. The number of carbonyl (C=O) groups is 2. The fourth-order valence-electron chi connectivity index (χ4n) is 2.28. The van der Waals surface area contributed by atoms with Crippen LogP contribution in [0.25, 0.3) is 0 Å². The molecule has 108 valence electrons. The van der Waals surface area contributed by atoms with Gasteiger partial charge >= 0.3 is 0 Å². The molecule has 1 fully saturated rings. The minimum atomic E-state index is -0.632. The van der Waals surface area contributed by atoms with Crippen LogP contribution >= 0.6 is 11.6 Å². The van der Waals surface area contributed by atoms with Crippen molar-refractivity contribution in [2.75, 3.05) is 11.4 Å². The molecule has 0 radical (unpaired) electrons. The van der Waals surface area contributed by atoms with Crippen LogP contribution in [0.4, 0.5) is 10.1 Å². The van der Waals surface area contributed by atoms with E-state index >= 15 is 0 Å². The second kappa shape index (κ2) is 5.79. The predicted octanol–water partition coefficient (Wildman–Crippen LogP) is 2.36. The number of hydrogen-bond donors (Lipinski definition) is 1. The van der Waals surface area contributed by atoms with Crippen molar-refractivity contribution < 1.29 is 14.0 Å². The molecule has 20 heavy (non-hydrogen) atoms. The highest BCUT2D eigenvalue weighted by molar-refractivity contribution is 6.34. The number of anilines is 1. The number of nitrogens with zero attached hydrogens (tertiary/aromatic N) is 1. The number of rotatable bonds is 3. The molecule has 1 aromatic rings. The average Bonchev–Trinajstić information content (AvgIpc) is 2.33. The predicted molar refractivity (Wildman–Crippen MR) is 75.1 cm³/mol. The number of amides is 2. The molecule has 4 nitrogen and oxygen atoms in total. The summed E-state index contributed by atoms with van der Waals surface area (Å²) in [5, 5.41) is 2.76. The minimum Gasteiger partial charge on any atom is -0.343 e. The van der Waals surface area contributed by atoms with E-state index in [1.165, 1.54) is 18.2 Å². The summed E-state index contributed by atoms with van der Waals surface area (Å²) in [6.07, 6.45) is 0.507. The molecule has 6 heteroatoms. The molecule has 1 saturated heterocycles. The summed E-state index contributed by atoms with van der Waals surface area (Å²) in [6, 6.07) is 3.55. The zero-order chi connectivity index (χ0) is 14.9. The maximum absolute atomic E-state index is 13.9. The number of carbonyl (C=O) groups excluding carboxylic acids is 2. The number of hydrogen-bond acceptors (Lipinski definition) is 2. The van der Waals surface area contributed by atoms with Crippen LogP contribution in [0.1, 0.15) is 20.3 Å². The Bertz CT molecular complexity index is 528. The summed E-state index contributed by atoms with van der Waals surface area (Å²) in [5.41, 5.74) is -0.0252. The highest BCUT2D eigenvalue weighted by Crippen LogP contribution is 2.30. The number of halogens is 2. The SMILES string of the molecule is CC(C)CC1NC(=O)CN(c2c(F)cccc2Cl)C1=O. The molecule has 1 aromatic carbocycles. The number of para-hydroxylation sites is 1. The normalized spacial score (nSPS) is 19.4. The topological polar surface area (TPSA) is 49.4 Å². The largest absolute Gasteiger partial charge is 0.343 e. The molecule has 1 aliphatic rings. The first kappa shape index (κ1) is 14.8. The molecule has 0 spiro atoms. The van der Waals surface area contributed by atoms with Gasteiger partial charge in [-0.15, -0.1) is 0 Å². The van der Waals surface area contributed by atoms with Crippen molar-refractivity contribution in [2.45, 2.75) is 26.3 Å². The average molecular weight is 299 g/mol. The lowest BCUT2D eigenvalue weighted by atomic mass is 10.0. The van der Waals surface area contributed by atoms with Gasteiger partial charge in [-0.2, -0.15) is 0 Å². The molecule has 2 amide bonds. The van der Waals surface area contributed by atoms with Gasteiger partial charge in [0.25, 0.3) is 0 Å². The Kier molecular flexibility index (Phi) is 4.28. The summed E-state index contributed by atoms with van der Waals surface area (Å²) in [7, 11) is 0. The maximum atomic E-state index is 13.9. The molecule has 2 rings (SSSR count). The van der Waals surface area contributed by atoms with E-state index in [1.54, 1.807) is 0 Å². The van der Waals surface area contributed by atoms with E-state index in [1.807, 2.05) is 13.8 Å². The van der Waals surface area contributed by atoms with Gasteiger partial charge in [-0.25, -0.2) is 4.39 Å². The lowest BCUT2D eigenvalue weighted by Gasteiger charge is -2.33. The Morgan fingerprint density at radius 2 is 2.15 bits per heavy atom. The Balaban J connectivity index is 2.35. The third-order valence-electron chi connectivity index (χ3n) is 3.12. The van der Waals surface area contributed by atoms with Crippen LogP contribution in [0.15, 0.2) is 18.2 Å². The molecule has 0 aliphatic carbocycles. The van der Waals surface area contributed by atoms with Gasteiger partial charge in [-0.3, -0.25) is 14.5 Å². The molecule has 1 atom stereocenters. The lowest BCUT2D eigenvalue weighted by Crippen LogP contribution is -2.58. The lowest BCUT2D eigenvalue weighted by molar-refractivity contribution is -0.131. The van der Waals surface area contributed by atoms with Crippen molar-refractivity contribution in [3.63, 3.8) is 0 Å². The summed E-state index contributed by atoms with van der Waals surface area (Å²) in [5.74, 6) is -1.01. The zero-order valence-electron chi connectivity index (χ0n) is 11.3. The van der Waals surface area contributed by atoms with Gasteiger partial charge in [0.05, 0.1) is 10.7 Å². The van der Waals surface area contributed by atoms with E-state index in [-0.39, 0.29) is 35.0 Å². The number of benzene rings is 1. The van der Waals surface area contributed by atoms with E-state index in [0.29, 0.717) is 6.42 Å². The van der Waals surface area contributed by atoms with Crippen molar-refractivity contribution >= 4 is 29.1 Å². The van der Waals surface area contributed by atoms with Gasteiger partial charge in [0.1, 0.15) is 18.4 Å². The molecule has 1 heterocycles. The fourth-order valence-corrected chi connectivity index (χ4v) is 2.54. The van der Waals surface area contributed by atoms with Crippen LogP contribution in [-0.4, -0.2) is 24.4 Å². The van der Waals surface area contributed by atoms with Gasteiger partial charge in [0.15, 0.2) is 0 Å². The minimum absolute atomic E-state index is 0.0252. The molecule has 1 N–H and O–H groups in total. The smallest absolute Gasteiger partial charge is 0.250 e. The Labute approximate surface area is 121 Å². The molecule has 0 aromatic heterocycles. The van der Waals surface area contributed by atoms with Gasteiger partial charge in [-0.1, -0.05) is 31.5 Å². The van der Waals surface area contributed by atoms with Crippen molar-refractivity contribution in [1.29, 1.82) is 0 Å². The van der Waals surface area contributed by atoms with Gasteiger partial charge in [0.2, 0.25) is 11.8 Å². The summed E-state index contributed by atoms with van der Waals surface area (Å²) in [4.78, 5) is 25.3. The Morgan fingerprint density at radius 1 is 1.45 bits per heavy atom. The summed E-state index contributed by atoms with van der Waals surface area (Å²) >= 11 is 5.96. The Morgan fingerprint density at radius 3 is 2.75 bits per heavy atom. The van der Waals surface area contributed by atoms with E-state index < -0.39 is 11.9 Å². The first-order valence-corrected chi connectivity index (χ1v) is 6.82. The van der Waals surface area contributed by atoms with Crippen molar-refractivity contribution in [3.8, 4) is 0 Å². The quantitative estimate of drug-likeness (QED) is 0.931. The Hall–Kier alpha value is -1.62. The molecule has 0 saturated carbocycles. The van der Waals surface area contributed by atoms with Crippen LogP contribution in [-0.2, 0) is 9.59 Å². The molecule has 1 aliphatic heterocycles. The zero-order valence-corrected chi connectivity index (χ0v) is 12.1. The van der Waals surface area contributed by atoms with Crippen LogP contribution < -0.4 is 10.2 Å². The van der Waals surface area contributed by atoms with Crippen LogP contribution in [0.2, 0.25) is 5.02 Å². The summed E-state index contributed by atoms with van der Waals surface area (Å²) in [6.45, 7) is 3.69. The summed E-state index contributed by atoms with van der Waals surface area (Å²) < 4.78 is 13.9. The highest BCUT2D eigenvalue weighted by atomic mass is 35.5. The first-order chi connectivity index (χ1) is 9.40. The number of piperazine rings is 1. The van der Waals surface area contributed by atoms with Gasteiger partial charge in [-0.05, 0) is 24.5 Å². The van der Waals surface area contributed by atoms with Crippen molar-refractivity contribution in [2.24, 2.45) is 5.92 Å². The molecular formula is C14H16ClFN2O2. The van der Waals surface area contributed by atoms with Gasteiger partial charge < -0.3 is 5.32 Å². The van der Waals surface area contributed by atoms with E-state index in [2.05, 4.69) is 5.32 Å². The maximum Gasteiger partial charge on any atom is 0.250 e. The van der Waals surface area contributed by atoms with Gasteiger partial charge in [0, 0.05) is 0 Å². The fraction of sp³-hybridized carbons (Fsp3) is 0.429. The molecule has 0 bridgehead atoms. The first-order valence-electron chi connectivity index (χ1n) is 6.45. The second-order valence-electron chi connectivity index (χ2n) is 5.24. The molecule has 1 unspecified atom stereocenters. The van der Waals surface area contributed by atoms with E-state index in [9.17, 15) is 14.0 Å². The monoisotopic (exact) mass is 298 g/mol. The molecular weight excluding hydrogens is 283 g/mol. The van der Waals surface area contributed by atoms with E-state index in [4.69, 9.17) is 11.6 Å². The van der Waals surface area contributed by atoms with Crippen LogP contribution in [0, 0.1) is 11.7 Å². The highest BCUT2D eigenvalue weighted by Gasteiger charge is 2.35. The van der Waals surface area contributed by atoms with Crippen molar-refractivity contribution in [1.82, 2.24) is 5.32 Å². The standard InChI is InChI=1S/C14H16ClFN2O2/c1-8(2)6-11-14(20)18(7-12(19)17-11)13-9(15)4-3-5-10(13)16/h3-5,8,11H,6-7H2,1-2H3,(H,17,19). The third-order valence-corrected chi connectivity index (χ3v) is 3.42. The van der Waals surface area contributed by atoms with Crippen LogP contribution in [0.3, 0.4) is 0 Å². The van der Waals surface area contributed by atoms with Crippen molar-refractivity contribution in [3.05, 3.63) is 29.0 Å². The number of nitrogens with one attached hydrogen (secondary N) is 1. The van der Waals surface area contributed by atoms with Crippen LogP contribution in [0.5, 0.6) is 0 Å². The van der Waals surface area contributed by atoms with E-state index in [0.717, 1.165) is 4.90 Å². The second-order valence-corrected chi connectivity index (χ2v) is 5.65.